The fourth-order valence-electron chi connectivity index (χ4n) is 2.30. The monoisotopic (exact) mass is 253 g/mol. The van der Waals surface area contributed by atoms with Crippen LogP contribution in [0.15, 0.2) is 6.07 Å². The second-order valence-corrected chi connectivity index (χ2v) is 5.45. The molecule has 0 spiro atoms. The van der Waals surface area contributed by atoms with E-state index >= 15 is 0 Å². The van der Waals surface area contributed by atoms with Gasteiger partial charge in [0.2, 0.25) is 5.28 Å². The average Bonchev–Trinajstić information content (AvgIpc) is 2.28. The molecular formula is C13H20ClN3. The molecule has 1 unspecified atom stereocenters. The highest BCUT2D eigenvalue weighted by Gasteiger charge is 2.21. The largest absolute Gasteiger partial charge is 0.354 e. The van der Waals surface area contributed by atoms with Gasteiger partial charge >= 0.3 is 0 Å². The molecule has 1 fully saturated rings. The van der Waals surface area contributed by atoms with Gasteiger partial charge < -0.3 is 4.90 Å². The zero-order chi connectivity index (χ0) is 12.4. The van der Waals surface area contributed by atoms with Crippen LogP contribution < -0.4 is 4.90 Å². The lowest BCUT2D eigenvalue weighted by Gasteiger charge is -2.34. The molecule has 1 atom stereocenters. The molecule has 0 bridgehead atoms. The number of halogens is 1. The van der Waals surface area contributed by atoms with Crippen molar-refractivity contribution in [1.29, 1.82) is 0 Å². The van der Waals surface area contributed by atoms with Crippen molar-refractivity contribution in [3.05, 3.63) is 17.0 Å². The van der Waals surface area contributed by atoms with Crippen molar-refractivity contribution in [3.8, 4) is 0 Å². The van der Waals surface area contributed by atoms with Crippen LogP contribution >= 0.6 is 11.6 Å². The molecule has 2 rings (SSSR count). The summed E-state index contributed by atoms with van der Waals surface area (Å²) in [5.74, 6) is 1.37. The van der Waals surface area contributed by atoms with Gasteiger partial charge in [-0.25, -0.2) is 9.97 Å². The predicted molar refractivity (Wildman–Crippen MR) is 71.8 cm³/mol. The molecule has 1 saturated heterocycles. The molecule has 0 aromatic carbocycles. The van der Waals surface area contributed by atoms with E-state index in [4.69, 9.17) is 11.6 Å². The highest BCUT2D eigenvalue weighted by atomic mass is 35.5. The molecule has 3 nitrogen and oxygen atoms in total. The standard InChI is InChI=1S/C13H20ClN3/c1-9(2)11-8-12(16-13(14)15-11)17-7-5-4-6-10(17)3/h8-10H,4-7H2,1-3H3. The van der Waals surface area contributed by atoms with E-state index in [1.165, 1.54) is 19.3 Å². The zero-order valence-corrected chi connectivity index (χ0v) is 11.5. The Morgan fingerprint density at radius 1 is 1.35 bits per heavy atom. The molecule has 0 radical (unpaired) electrons. The maximum atomic E-state index is 6.01. The van der Waals surface area contributed by atoms with Gasteiger partial charge in [0.1, 0.15) is 5.82 Å². The van der Waals surface area contributed by atoms with Gasteiger partial charge in [0, 0.05) is 18.7 Å². The first kappa shape index (κ1) is 12.6. The Hall–Kier alpha value is -0.830. The highest BCUT2D eigenvalue weighted by Crippen LogP contribution is 2.26. The molecule has 0 aliphatic carbocycles. The van der Waals surface area contributed by atoms with Crippen LogP contribution in [-0.2, 0) is 0 Å². The normalized spacial score (nSPS) is 21.0. The topological polar surface area (TPSA) is 29.0 Å². The fourth-order valence-corrected chi connectivity index (χ4v) is 2.49. The van der Waals surface area contributed by atoms with Crippen molar-refractivity contribution in [1.82, 2.24) is 9.97 Å². The van der Waals surface area contributed by atoms with Gasteiger partial charge in [0.05, 0.1) is 5.69 Å². The SMILES string of the molecule is CC(C)c1cc(N2CCCCC2C)nc(Cl)n1. The Kier molecular flexibility index (Phi) is 3.87. The van der Waals surface area contributed by atoms with Gasteiger partial charge in [0.25, 0.3) is 0 Å². The minimum atomic E-state index is 0.365. The number of anilines is 1. The van der Waals surface area contributed by atoms with Gasteiger partial charge in [-0.05, 0) is 43.7 Å². The van der Waals surface area contributed by atoms with E-state index in [-0.39, 0.29) is 0 Å². The molecular weight excluding hydrogens is 234 g/mol. The van der Waals surface area contributed by atoms with E-state index in [1.54, 1.807) is 0 Å². The average molecular weight is 254 g/mol. The molecule has 0 saturated carbocycles. The summed E-state index contributed by atoms with van der Waals surface area (Å²) in [4.78, 5) is 11.0. The summed E-state index contributed by atoms with van der Waals surface area (Å²) in [5.41, 5.74) is 1.03. The molecule has 0 amide bonds. The third-order valence-corrected chi connectivity index (χ3v) is 3.56. The lowest BCUT2D eigenvalue weighted by molar-refractivity contribution is 0.480. The van der Waals surface area contributed by atoms with E-state index in [2.05, 4.69) is 41.7 Å². The first-order chi connectivity index (χ1) is 8.08. The van der Waals surface area contributed by atoms with Gasteiger partial charge in [-0.3, -0.25) is 0 Å². The molecule has 1 aliphatic heterocycles. The van der Waals surface area contributed by atoms with Crippen LogP contribution in [0.3, 0.4) is 0 Å². The maximum absolute atomic E-state index is 6.01. The van der Waals surface area contributed by atoms with Crippen LogP contribution in [0.4, 0.5) is 5.82 Å². The van der Waals surface area contributed by atoms with Crippen LogP contribution in [-0.4, -0.2) is 22.6 Å². The second-order valence-electron chi connectivity index (χ2n) is 5.11. The molecule has 0 N–H and O–H groups in total. The van der Waals surface area contributed by atoms with Crippen LogP contribution in [0, 0.1) is 0 Å². The third-order valence-electron chi connectivity index (χ3n) is 3.39. The first-order valence-corrected chi connectivity index (χ1v) is 6.77. The number of nitrogens with zero attached hydrogens (tertiary/aromatic N) is 3. The molecule has 17 heavy (non-hydrogen) atoms. The van der Waals surface area contributed by atoms with E-state index in [0.29, 0.717) is 17.2 Å². The van der Waals surface area contributed by atoms with E-state index < -0.39 is 0 Å². The minimum absolute atomic E-state index is 0.365. The molecule has 1 aromatic rings. The summed E-state index contributed by atoms with van der Waals surface area (Å²) in [5, 5.41) is 0.365. The fraction of sp³-hybridized carbons (Fsp3) is 0.692. The van der Waals surface area contributed by atoms with Crippen molar-refractivity contribution in [3.63, 3.8) is 0 Å². The Balaban J connectivity index is 2.30. The molecule has 94 valence electrons. The van der Waals surface area contributed by atoms with Gasteiger partial charge in [-0.15, -0.1) is 0 Å². The Morgan fingerprint density at radius 2 is 2.12 bits per heavy atom. The van der Waals surface area contributed by atoms with E-state index in [1.807, 2.05) is 0 Å². The number of hydrogen-bond donors (Lipinski definition) is 0. The Morgan fingerprint density at radius 3 is 2.76 bits per heavy atom. The quantitative estimate of drug-likeness (QED) is 0.754. The van der Waals surface area contributed by atoms with E-state index in [9.17, 15) is 0 Å². The first-order valence-electron chi connectivity index (χ1n) is 6.39. The van der Waals surface area contributed by atoms with Crippen molar-refractivity contribution >= 4 is 17.4 Å². The van der Waals surface area contributed by atoms with Crippen LogP contribution in [0.25, 0.3) is 0 Å². The van der Waals surface area contributed by atoms with Crippen LogP contribution in [0.1, 0.15) is 51.6 Å². The van der Waals surface area contributed by atoms with Crippen LogP contribution in [0.2, 0.25) is 5.28 Å². The molecule has 1 aromatic heterocycles. The zero-order valence-electron chi connectivity index (χ0n) is 10.8. The number of aromatic nitrogens is 2. The number of rotatable bonds is 2. The summed E-state index contributed by atoms with van der Waals surface area (Å²) in [7, 11) is 0. The summed E-state index contributed by atoms with van der Waals surface area (Å²) in [6.07, 6.45) is 3.79. The maximum Gasteiger partial charge on any atom is 0.224 e. The van der Waals surface area contributed by atoms with Crippen molar-refractivity contribution < 1.29 is 0 Å². The molecule has 2 heterocycles. The predicted octanol–water partition coefficient (Wildman–Crippen LogP) is 3.63. The smallest absolute Gasteiger partial charge is 0.224 e. The van der Waals surface area contributed by atoms with Gasteiger partial charge in [-0.2, -0.15) is 0 Å². The lowest BCUT2D eigenvalue weighted by atomic mass is 10.0. The molecule has 4 heteroatoms. The van der Waals surface area contributed by atoms with Crippen molar-refractivity contribution in [2.24, 2.45) is 0 Å². The second kappa shape index (κ2) is 5.21. The minimum Gasteiger partial charge on any atom is -0.354 e. The highest BCUT2D eigenvalue weighted by molar-refractivity contribution is 6.28. The van der Waals surface area contributed by atoms with Crippen LogP contribution in [0.5, 0.6) is 0 Å². The van der Waals surface area contributed by atoms with Gasteiger partial charge in [-0.1, -0.05) is 13.8 Å². The van der Waals surface area contributed by atoms with E-state index in [0.717, 1.165) is 18.1 Å². The number of piperidine rings is 1. The van der Waals surface area contributed by atoms with Gasteiger partial charge in [0.15, 0.2) is 0 Å². The summed E-state index contributed by atoms with van der Waals surface area (Å²) in [6.45, 7) is 7.58. The number of hydrogen-bond acceptors (Lipinski definition) is 3. The Bertz CT molecular complexity index is 392. The third kappa shape index (κ3) is 2.89. The van der Waals surface area contributed by atoms with Crippen molar-refractivity contribution in [2.75, 3.05) is 11.4 Å². The molecule has 1 aliphatic rings. The summed E-state index contributed by atoms with van der Waals surface area (Å²) >= 11 is 6.01. The van der Waals surface area contributed by atoms with Crippen molar-refractivity contribution in [2.45, 2.75) is 52.0 Å². The summed E-state index contributed by atoms with van der Waals surface area (Å²) < 4.78 is 0. The summed E-state index contributed by atoms with van der Waals surface area (Å²) in [6, 6.07) is 2.63. The lowest BCUT2D eigenvalue weighted by Crippen LogP contribution is -2.38. The Labute approximate surface area is 108 Å².